The Morgan fingerprint density at radius 2 is 1.70 bits per heavy atom. The van der Waals surface area contributed by atoms with Gasteiger partial charge in [0.25, 0.3) is 0 Å². The number of hydrogen-bond donors (Lipinski definition) is 0. The number of aromatic nitrogens is 2. The zero-order valence-corrected chi connectivity index (χ0v) is 17.1. The van der Waals surface area contributed by atoms with Crippen LogP contribution in [0, 0.1) is 5.92 Å². The lowest BCUT2D eigenvalue weighted by Gasteiger charge is -2.33. The van der Waals surface area contributed by atoms with E-state index in [2.05, 4.69) is 27.0 Å². The zero-order valence-electron chi connectivity index (χ0n) is 17.1. The average molecular weight is 402 g/mol. The third kappa shape index (κ3) is 4.95. The number of benzene rings is 2. The number of amides is 1. The normalized spacial score (nSPS) is 14.4. The van der Waals surface area contributed by atoms with E-state index < -0.39 is 0 Å². The minimum atomic E-state index is 0.0526. The Labute approximate surface area is 177 Å². The van der Waals surface area contributed by atoms with E-state index in [1.807, 2.05) is 66.5 Å². The molecule has 0 unspecified atom stereocenters. The molecular weight excluding hydrogens is 376 g/mol. The van der Waals surface area contributed by atoms with E-state index in [0.717, 1.165) is 43.1 Å². The van der Waals surface area contributed by atoms with Gasteiger partial charge < -0.3 is 14.5 Å². The number of ether oxygens (including phenoxy) is 1. The highest BCUT2D eigenvalue weighted by atomic mass is 16.5. The monoisotopic (exact) mass is 402 g/mol. The Balaban J connectivity index is 1.33. The van der Waals surface area contributed by atoms with Gasteiger partial charge in [-0.15, -0.1) is 0 Å². The molecule has 0 spiro atoms. The summed E-state index contributed by atoms with van der Waals surface area (Å²) in [7, 11) is 1.89. The van der Waals surface area contributed by atoms with Gasteiger partial charge in [0.1, 0.15) is 17.9 Å². The van der Waals surface area contributed by atoms with E-state index in [4.69, 9.17) is 4.74 Å². The minimum Gasteiger partial charge on any atom is -0.439 e. The standard InChI is InChI=1S/C24H26N4O2/c1-27(17-19-8-4-2-5-9-19)24(29)20-12-14-28(15-13-20)22-16-23(26-18-25-22)30-21-10-6-3-7-11-21/h2-11,16,18,20H,12-15,17H2,1H3. The van der Waals surface area contributed by atoms with Crippen molar-refractivity contribution >= 4 is 11.7 Å². The molecule has 0 saturated carbocycles. The Morgan fingerprint density at radius 1 is 1.03 bits per heavy atom. The fourth-order valence-corrected chi connectivity index (χ4v) is 3.77. The lowest BCUT2D eigenvalue weighted by Crippen LogP contribution is -2.41. The third-order valence-electron chi connectivity index (χ3n) is 5.40. The molecule has 6 nitrogen and oxygen atoms in total. The maximum Gasteiger partial charge on any atom is 0.225 e. The fraction of sp³-hybridized carbons (Fsp3) is 0.292. The smallest absolute Gasteiger partial charge is 0.225 e. The van der Waals surface area contributed by atoms with Crippen LogP contribution in [-0.2, 0) is 11.3 Å². The molecule has 0 N–H and O–H groups in total. The largest absolute Gasteiger partial charge is 0.439 e. The maximum absolute atomic E-state index is 12.9. The molecule has 1 aliphatic heterocycles. The molecule has 1 aliphatic rings. The van der Waals surface area contributed by atoms with Crippen molar-refractivity contribution in [2.24, 2.45) is 5.92 Å². The molecule has 3 aromatic rings. The maximum atomic E-state index is 12.9. The predicted octanol–water partition coefficient (Wildman–Crippen LogP) is 4.14. The number of anilines is 1. The van der Waals surface area contributed by atoms with Crippen LogP contribution in [0.4, 0.5) is 5.82 Å². The Hall–Kier alpha value is -3.41. The van der Waals surface area contributed by atoms with Crippen LogP contribution in [-0.4, -0.2) is 40.9 Å². The highest BCUT2D eigenvalue weighted by Gasteiger charge is 2.28. The summed E-state index contributed by atoms with van der Waals surface area (Å²) in [5.74, 6) is 2.37. The van der Waals surface area contributed by atoms with Gasteiger partial charge in [-0.1, -0.05) is 48.5 Å². The molecule has 30 heavy (non-hydrogen) atoms. The van der Waals surface area contributed by atoms with E-state index >= 15 is 0 Å². The molecule has 0 atom stereocenters. The number of carbonyl (C=O) groups excluding carboxylic acids is 1. The van der Waals surface area contributed by atoms with E-state index in [9.17, 15) is 4.79 Å². The average Bonchev–Trinajstić information content (AvgIpc) is 2.80. The summed E-state index contributed by atoms with van der Waals surface area (Å²) in [6.45, 7) is 2.22. The molecule has 1 fully saturated rings. The van der Waals surface area contributed by atoms with E-state index in [0.29, 0.717) is 12.4 Å². The van der Waals surface area contributed by atoms with Crippen LogP contribution in [0.3, 0.4) is 0 Å². The molecule has 1 aromatic heterocycles. The van der Waals surface area contributed by atoms with Crippen LogP contribution in [0.15, 0.2) is 73.1 Å². The molecule has 0 radical (unpaired) electrons. The van der Waals surface area contributed by atoms with Crippen molar-refractivity contribution in [1.29, 1.82) is 0 Å². The highest BCUT2D eigenvalue weighted by molar-refractivity contribution is 5.79. The van der Waals surface area contributed by atoms with Gasteiger partial charge in [0, 0.05) is 38.7 Å². The zero-order chi connectivity index (χ0) is 20.8. The first kappa shape index (κ1) is 19.9. The summed E-state index contributed by atoms with van der Waals surface area (Å²) in [4.78, 5) is 25.5. The molecule has 2 heterocycles. The lowest BCUT2D eigenvalue weighted by atomic mass is 9.95. The molecule has 6 heteroatoms. The van der Waals surface area contributed by atoms with Gasteiger partial charge in [-0.2, -0.15) is 0 Å². The first-order valence-corrected chi connectivity index (χ1v) is 10.3. The van der Waals surface area contributed by atoms with Crippen molar-refractivity contribution in [3.05, 3.63) is 78.6 Å². The van der Waals surface area contributed by atoms with Gasteiger partial charge in [0.15, 0.2) is 0 Å². The number of nitrogens with zero attached hydrogens (tertiary/aromatic N) is 4. The topological polar surface area (TPSA) is 58.6 Å². The summed E-state index contributed by atoms with van der Waals surface area (Å²) in [6, 6.07) is 21.5. The van der Waals surface area contributed by atoms with Gasteiger partial charge in [-0.05, 0) is 30.5 Å². The molecule has 4 rings (SSSR count). The first-order valence-electron chi connectivity index (χ1n) is 10.3. The summed E-state index contributed by atoms with van der Waals surface area (Å²) in [5.41, 5.74) is 1.15. The molecule has 1 saturated heterocycles. The van der Waals surface area contributed by atoms with Gasteiger partial charge in [0.2, 0.25) is 11.8 Å². The van der Waals surface area contributed by atoms with Crippen LogP contribution >= 0.6 is 0 Å². The molecular formula is C24H26N4O2. The minimum absolute atomic E-state index is 0.0526. The predicted molar refractivity (Wildman–Crippen MR) is 116 cm³/mol. The van der Waals surface area contributed by atoms with E-state index in [1.54, 1.807) is 0 Å². The van der Waals surface area contributed by atoms with Gasteiger partial charge in [0.05, 0.1) is 0 Å². The Kier molecular flexibility index (Phi) is 6.23. The first-order chi connectivity index (χ1) is 14.7. The fourth-order valence-electron chi connectivity index (χ4n) is 3.77. The number of para-hydroxylation sites is 1. The lowest BCUT2D eigenvalue weighted by molar-refractivity contribution is -0.135. The van der Waals surface area contributed by atoms with Crippen molar-refractivity contribution in [1.82, 2.24) is 14.9 Å². The van der Waals surface area contributed by atoms with Crippen molar-refractivity contribution in [2.45, 2.75) is 19.4 Å². The Bertz CT molecular complexity index is 957. The summed E-state index contributed by atoms with van der Waals surface area (Å²) in [5, 5.41) is 0. The van der Waals surface area contributed by atoms with Crippen molar-refractivity contribution in [2.75, 3.05) is 25.0 Å². The summed E-state index contributed by atoms with van der Waals surface area (Å²) in [6.07, 6.45) is 3.16. The molecule has 2 aromatic carbocycles. The number of piperidine rings is 1. The summed E-state index contributed by atoms with van der Waals surface area (Å²) >= 11 is 0. The summed E-state index contributed by atoms with van der Waals surface area (Å²) < 4.78 is 5.82. The van der Waals surface area contributed by atoms with E-state index in [-0.39, 0.29) is 11.8 Å². The SMILES string of the molecule is CN(Cc1ccccc1)C(=O)C1CCN(c2cc(Oc3ccccc3)ncn2)CC1. The van der Waals surface area contributed by atoms with Gasteiger partial charge >= 0.3 is 0 Å². The van der Waals surface area contributed by atoms with Gasteiger partial charge in [-0.25, -0.2) is 9.97 Å². The second-order valence-corrected chi connectivity index (χ2v) is 7.57. The molecule has 154 valence electrons. The van der Waals surface area contributed by atoms with E-state index in [1.165, 1.54) is 6.33 Å². The number of hydrogen-bond acceptors (Lipinski definition) is 5. The van der Waals surface area contributed by atoms with Crippen LogP contribution in [0.2, 0.25) is 0 Å². The second-order valence-electron chi connectivity index (χ2n) is 7.57. The molecule has 0 bridgehead atoms. The van der Waals surface area contributed by atoms with Crippen molar-refractivity contribution in [3.63, 3.8) is 0 Å². The number of carbonyl (C=O) groups is 1. The van der Waals surface area contributed by atoms with Crippen molar-refractivity contribution < 1.29 is 9.53 Å². The van der Waals surface area contributed by atoms with Crippen LogP contribution < -0.4 is 9.64 Å². The van der Waals surface area contributed by atoms with Crippen LogP contribution in [0.5, 0.6) is 11.6 Å². The molecule has 0 aliphatic carbocycles. The van der Waals surface area contributed by atoms with Gasteiger partial charge in [-0.3, -0.25) is 4.79 Å². The van der Waals surface area contributed by atoms with Crippen LogP contribution in [0.25, 0.3) is 0 Å². The quantitative estimate of drug-likeness (QED) is 0.620. The van der Waals surface area contributed by atoms with Crippen LogP contribution in [0.1, 0.15) is 18.4 Å². The molecule has 1 amide bonds. The third-order valence-corrected chi connectivity index (χ3v) is 5.40. The second kappa shape index (κ2) is 9.39. The Morgan fingerprint density at radius 3 is 2.40 bits per heavy atom. The highest BCUT2D eigenvalue weighted by Crippen LogP contribution is 2.26. The van der Waals surface area contributed by atoms with Crippen molar-refractivity contribution in [3.8, 4) is 11.6 Å². The number of rotatable bonds is 6.